The zero-order valence-electron chi connectivity index (χ0n) is 8.71. The van der Waals surface area contributed by atoms with Gasteiger partial charge in [-0.3, -0.25) is 0 Å². The summed E-state index contributed by atoms with van der Waals surface area (Å²) in [6, 6.07) is 10.3. The Hall–Kier alpha value is -1.62. The van der Waals surface area contributed by atoms with Gasteiger partial charge >= 0.3 is 0 Å². The van der Waals surface area contributed by atoms with E-state index in [4.69, 9.17) is 5.73 Å². The van der Waals surface area contributed by atoms with Crippen LogP contribution in [0.5, 0.6) is 0 Å². The van der Waals surface area contributed by atoms with Gasteiger partial charge < -0.3 is 5.73 Å². The van der Waals surface area contributed by atoms with E-state index in [1.165, 1.54) is 11.9 Å². The Balaban J connectivity index is 1.85. The van der Waals surface area contributed by atoms with Crippen molar-refractivity contribution in [2.24, 2.45) is 0 Å². The van der Waals surface area contributed by atoms with E-state index in [9.17, 15) is 0 Å². The van der Waals surface area contributed by atoms with Crippen molar-refractivity contribution in [3.8, 4) is 0 Å². The Bertz CT molecular complexity index is 447. The molecule has 16 heavy (non-hydrogen) atoms. The molecule has 1 aromatic heterocycles. The minimum absolute atomic E-state index is 0.275. The molecule has 2 N–H and O–H groups in total. The first-order valence-corrected chi connectivity index (χ1v) is 5.94. The molecule has 0 saturated heterocycles. The molecule has 2 rings (SSSR count). The number of nitrogen functional groups attached to an aromatic ring is 1. The maximum Gasteiger partial charge on any atom is 0.223 e. The highest BCUT2D eigenvalue weighted by Crippen LogP contribution is 2.14. The minimum Gasteiger partial charge on any atom is -0.368 e. The molecule has 0 radical (unpaired) electrons. The third-order valence-electron chi connectivity index (χ3n) is 2.03. The molecular formula is C11H12N4S. The van der Waals surface area contributed by atoms with E-state index < -0.39 is 0 Å². The summed E-state index contributed by atoms with van der Waals surface area (Å²) in [5.41, 5.74) is 6.78. The summed E-state index contributed by atoms with van der Waals surface area (Å²) >= 11 is 1.59. The van der Waals surface area contributed by atoms with Gasteiger partial charge in [0.15, 0.2) is 5.16 Å². The summed E-state index contributed by atoms with van der Waals surface area (Å²) in [7, 11) is 0. The van der Waals surface area contributed by atoms with Crippen LogP contribution in [0.4, 0.5) is 5.95 Å². The van der Waals surface area contributed by atoms with Gasteiger partial charge in [-0.1, -0.05) is 42.1 Å². The summed E-state index contributed by atoms with van der Waals surface area (Å²) in [6.07, 6.45) is 2.43. The SMILES string of the molecule is Nc1ncnc(SCCc2ccccc2)n1. The Labute approximate surface area is 98.3 Å². The minimum atomic E-state index is 0.275. The lowest BCUT2D eigenvalue weighted by Gasteiger charge is -2.00. The normalized spacial score (nSPS) is 10.2. The molecule has 82 valence electrons. The highest BCUT2D eigenvalue weighted by Gasteiger charge is 1.99. The third-order valence-corrected chi connectivity index (χ3v) is 2.90. The number of thioether (sulfide) groups is 1. The third kappa shape index (κ3) is 3.20. The van der Waals surface area contributed by atoms with Crippen molar-refractivity contribution in [3.05, 3.63) is 42.2 Å². The first-order valence-electron chi connectivity index (χ1n) is 4.96. The molecule has 0 bridgehead atoms. The first kappa shape index (κ1) is 10.9. The molecule has 0 atom stereocenters. The number of nitrogens with zero attached hydrogens (tertiary/aromatic N) is 3. The van der Waals surface area contributed by atoms with Crippen molar-refractivity contribution in [2.75, 3.05) is 11.5 Å². The highest BCUT2D eigenvalue weighted by molar-refractivity contribution is 7.99. The Morgan fingerprint density at radius 2 is 1.94 bits per heavy atom. The molecule has 2 aromatic rings. The van der Waals surface area contributed by atoms with Crippen molar-refractivity contribution >= 4 is 17.7 Å². The van der Waals surface area contributed by atoms with Gasteiger partial charge in [-0.05, 0) is 12.0 Å². The second-order valence-electron chi connectivity index (χ2n) is 3.21. The van der Waals surface area contributed by atoms with E-state index in [-0.39, 0.29) is 5.95 Å². The Kier molecular flexibility index (Phi) is 3.71. The van der Waals surface area contributed by atoms with Crippen LogP contribution < -0.4 is 5.73 Å². The summed E-state index contributed by atoms with van der Waals surface area (Å²) in [5.74, 6) is 1.21. The van der Waals surface area contributed by atoms with E-state index in [2.05, 4.69) is 27.1 Å². The molecule has 4 nitrogen and oxygen atoms in total. The summed E-state index contributed by atoms with van der Waals surface area (Å²) < 4.78 is 0. The molecule has 1 heterocycles. The second-order valence-corrected chi connectivity index (χ2v) is 4.27. The smallest absolute Gasteiger partial charge is 0.223 e. The summed E-state index contributed by atoms with van der Waals surface area (Å²) in [5, 5.41) is 0.684. The average Bonchev–Trinajstić information content (AvgIpc) is 2.30. The van der Waals surface area contributed by atoms with Crippen molar-refractivity contribution in [3.63, 3.8) is 0 Å². The molecule has 0 saturated carbocycles. The summed E-state index contributed by atoms with van der Waals surface area (Å²) in [6.45, 7) is 0. The first-order chi connectivity index (χ1) is 7.84. The van der Waals surface area contributed by atoms with Gasteiger partial charge in [0.1, 0.15) is 6.33 Å². The van der Waals surface area contributed by atoms with E-state index in [1.54, 1.807) is 11.8 Å². The zero-order valence-corrected chi connectivity index (χ0v) is 9.52. The average molecular weight is 232 g/mol. The maximum atomic E-state index is 5.47. The van der Waals surface area contributed by atoms with Crippen LogP contribution in [0.2, 0.25) is 0 Å². The molecule has 0 unspecified atom stereocenters. The van der Waals surface area contributed by atoms with Crippen LogP contribution in [0, 0.1) is 0 Å². The largest absolute Gasteiger partial charge is 0.368 e. The quantitative estimate of drug-likeness (QED) is 0.814. The fourth-order valence-electron chi connectivity index (χ4n) is 1.27. The predicted molar refractivity (Wildman–Crippen MR) is 65.1 cm³/mol. The molecule has 1 aromatic carbocycles. The number of rotatable bonds is 4. The summed E-state index contributed by atoms with van der Waals surface area (Å²) in [4.78, 5) is 11.8. The fourth-order valence-corrected chi connectivity index (χ4v) is 2.07. The van der Waals surface area contributed by atoms with E-state index >= 15 is 0 Å². The topological polar surface area (TPSA) is 64.7 Å². The van der Waals surface area contributed by atoms with Gasteiger partial charge in [0.05, 0.1) is 0 Å². The lowest BCUT2D eigenvalue weighted by molar-refractivity contribution is 0.914. The number of aryl methyl sites for hydroxylation is 1. The van der Waals surface area contributed by atoms with Crippen molar-refractivity contribution in [1.29, 1.82) is 0 Å². The molecule has 0 fully saturated rings. The number of hydrogen-bond donors (Lipinski definition) is 1. The van der Waals surface area contributed by atoms with Crippen LogP contribution in [-0.2, 0) is 6.42 Å². The van der Waals surface area contributed by atoms with Gasteiger partial charge in [0.2, 0.25) is 5.95 Å². The fraction of sp³-hybridized carbons (Fsp3) is 0.182. The zero-order chi connectivity index (χ0) is 11.2. The monoisotopic (exact) mass is 232 g/mol. The number of benzene rings is 1. The van der Waals surface area contributed by atoms with Crippen LogP contribution in [-0.4, -0.2) is 20.7 Å². The molecule has 5 heteroatoms. The van der Waals surface area contributed by atoms with Crippen molar-refractivity contribution < 1.29 is 0 Å². The van der Waals surface area contributed by atoms with Crippen LogP contribution in [0.3, 0.4) is 0 Å². The molecule has 0 aliphatic carbocycles. The van der Waals surface area contributed by atoms with E-state index in [0.29, 0.717) is 5.16 Å². The number of hydrogen-bond acceptors (Lipinski definition) is 5. The van der Waals surface area contributed by atoms with Gasteiger partial charge in [0, 0.05) is 5.75 Å². The van der Waals surface area contributed by atoms with Gasteiger partial charge in [-0.2, -0.15) is 4.98 Å². The second kappa shape index (κ2) is 5.46. The van der Waals surface area contributed by atoms with Crippen LogP contribution in [0.1, 0.15) is 5.56 Å². The van der Waals surface area contributed by atoms with E-state index in [1.807, 2.05) is 18.2 Å². The van der Waals surface area contributed by atoms with Crippen LogP contribution in [0.15, 0.2) is 41.8 Å². The number of anilines is 1. The molecule has 0 spiro atoms. The highest BCUT2D eigenvalue weighted by atomic mass is 32.2. The molecular weight excluding hydrogens is 220 g/mol. The predicted octanol–water partition coefficient (Wildman–Crippen LogP) is 1.79. The van der Waals surface area contributed by atoms with Crippen LogP contribution >= 0.6 is 11.8 Å². The standard InChI is InChI=1S/C11H12N4S/c12-10-13-8-14-11(15-10)16-7-6-9-4-2-1-3-5-9/h1-5,8H,6-7H2,(H2,12,13,14,15). The molecule has 0 aliphatic heterocycles. The molecule has 0 aliphatic rings. The molecule has 0 amide bonds. The van der Waals surface area contributed by atoms with E-state index in [0.717, 1.165) is 12.2 Å². The van der Waals surface area contributed by atoms with Crippen molar-refractivity contribution in [1.82, 2.24) is 15.0 Å². The van der Waals surface area contributed by atoms with Crippen LogP contribution in [0.25, 0.3) is 0 Å². The Morgan fingerprint density at radius 3 is 2.69 bits per heavy atom. The number of nitrogens with two attached hydrogens (primary N) is 1. The Morgan fingerprint density at radius 1 is 1.12 bits per heavy atom. The maximum absolute atomic E-state index is 5.47. The van der Waals surface area contributed by atoms with Gasteiger partial charge in [-0.25, -0.2) is 9.97 Å². The van der Waals surface area contributed by atoms with Crippen molar-refractivity contribution in [2.45, 2.75) is 11.6 Å². The van der Waals surface area contributed by atoms with Gasteiger partial charge in [0.25, 0.3) is 0 Å². The lowest BCUT2D eigenvalue weighted by Crippen LogP contribution is -1.98. The van der Waals surface area contributed by atoms with Gasteiger partial charge in [-0.15, -0.1) is 0 Å². The number of aromatic nitrogens is 3. The lowest BCUT2D eigenvalue weighted by atomic mass is 10.2.